The molecule has 2 heterocycles. The lowest BCUT2D eigenvalue weighted by molar-refractivity contribution is -0.159. The van der Waals surface area contributed by atoms with E-state index in [1.807, 2.05) is 6.07 Å². The third kappa shape index (κ3) is 5.09. The van der Waals surface area contributed by atoms with Crippen LogP contribution in [0.5, 0.6) is 0 Å². The van der Waals surface area contributed by atoms with E-state index in [0.717, 1.165) is 0 Å². The Morgan fingerprint density at radius 3 is 2.44 bits per heavy atom. The minimum Gasteiger partial charge on any atom is -0.377 e. The molecule has 1 unspecified atom stereocenters. The average molecular weight is 474 g/mol. The van der Waals surface area contributed by atoms with E-state index in [1.165, 1.54) is 29.2 Å². The second-order valence-electron chi connectivity index (χ2n) is 7.78. The lowest BCUT2D eigenvalue weighted by Crippen LogP contribution is -2.53. The van der Waals surface area contributed by atoms with Crippen molar-refractivity contribution >= 4 is 11.8 Å². The van der Waals surface area contributed by atoms with Crippen LogP contribution < -0.4 is 0 Å². The molecule has 0 saturated carbocycles. The van der Waals surface area contributed by atoms with Crippen LogP contribution in [0.1, 0.15) is 26.6 Å². The van der Waals surface area contributed by atoms with Gasteiger partial charge in [0.15, 0.2) is 0 Å². The molecule has 11 heteroatoms. The van der Waals surface area contributed by atoms with Gasteiger partial charge in [-0.1, -0.05) is 35.5 Å². The highest BCUT2D eigenvalue weighted by Crippen LogP contribution is 2.29. The van der Waals surface area contributed by atoms with Crippen molar-refractivity contribution in [2.75, 3.05) is 33.4 Å². The summed E-state index contributed by atoms with van der Waals surface area (Å²) < 4.78 is 47.8. The number of morpholine rings is 1. The van der Waals surface area contributed by atoms with E-state index in [-0.39, 0.29) is 35.8 Å². The van der Waals surface area contributed by atoms with E-state index in [0.29, 0.717) is 30.9 Å². The summed E-state index contributed by atoms with van der Waals surface area (Å²) in [5.74, 6) is -2.11. The maximum Gasteiger partial charge on any atom is 0.471 e. The lowest BCUT2D eigenvalue weighted by atomic mass is 10.1. The molecule has 1 aliphatic rings. The summed E-state index contributed by atoms with van der Waals surface area (Å²) in [5.41, 5.74) is 1.16. The van der Waals surface area contributed by atoms with Gasteiger partial charge in [-0.05, 0) is 24.3 Å². The largest absolute Gasteiger partial charge is 0.471 e. The zero-order chi connectivity index (χ0) is 24.3. The first-order valence-corrected chi connectivity index (χ1v) is 10.4. The second kappa shape index (κ2) is 9.64. The number of nitrogens with zero attached hydrogens (tertiary/aromatic N) is 4. The molecule has 1 aromatic heterocycles. The third-order valence-corrected chi connectivity index (χ3v) is 5.40. The summed E-state index contributed by atoms with van der Waals surface area (Å²) in [6.07, 6.45) is -4.73. The highest BCUT2D eigenvalue weighted by Gasteiger charge is 2.38. The van der Waals surface area contributed by atoms with Gasteiger partial charge in [0.05, 0.1) is 19.3 Å². The maximum absolute atomic E-state index is 12.9. The van der Waals surface area contributed by atoms with Crippen molar-refractivity contribution in [1.82, 2.24) is 19.9 Å². The Bertz CT molecular complexity index is 1150. The Hall–Kier alpha value is -3.73. The van der Waals surface area contributed by atoms with Crippen LogP contribution >= 0.6 is 0 Å². The second-order valence-corrected chi connectivity index (χ2v) is 7.78. The monoisotopic (exact) mass is 474 g/mol. The van der Waals surface area contributed by atoms with Crippen LogP contribution in [0.4, 0.5) is 13.2 Å². The van der Waals surface area contributed by atoms with Crippen molar-refractivity contribution in [3.8, 4) is 11.4 Å². The maximum atomic E-state index is 12.9. The van der Waals surface area contributed by atoms with Gasteiger partial charge in [0.1, 0.15) is 0 Å². The summed E-state index contributed by atoms with van der Waals surface area (Å²) in [4.78, 5) is 32.4. The van der Waals surface area contributed by atoms with E-state index >= 15 is 0 Å². The Balaban J connectivity index is 1.43. The minimum atomic E-state index is -4.73. The van der Waals surface area contributed by atoms with Gasteiger partial charge in [-0.25, -0.2) is 0 Å². The van der Waals surface area contributed by atoms with Gasteiger partial charge in [0, 0.05) is 36.8 Å². The van der Waals surface area contributed by atoms with Crippen LogP contribution in [0.3, 0.4) is 0 Å². The van der Waals surface area contributed by atoms with E-state index in [9.17, 15) is 22.8 Å². The molecule has 8 nitrogen and oxygen atoms in total. The molecule has 1 fully saturated rings. The van der Waals surface area contributed by atoms with Crippen molar-refractivity contribution in [3.63, 3.8) is 0 Å². The first-order chi connectivity index (χ1) is 16.2. The number of ether oxygens (including phenoxy) is 1. The summed E-state index contributed by atoms with van der Waals surface area (Å²) in [7, 11) is 1.62. The van der Waals surface area contributed by atoms with Crippen LogP contribution in [-0.2, 0) is 10.9 Å². The molecule has 2 amide bonds. The molecule has 34 heavy (non-hydrogen) atoms. The number of amides is 2. The molecule has 178 valence electrons. The normalized spacial score (nSPS) is 16.4. The topological polar surface area (TPSA) is 88.8 Å². The molecular weight excluding hydrogens is 453 g/mol. The Morgan fingerprint density at radius 2 is 1.79 bits per heavy atom. The molecule has 0 N–H and O–H groups in total. The average Bonchev–Trinajstić information content (AvgIpc) is 3.35. The van der Waals surface area contributed by atoms with Crippen LogP contribution in [0, 0.1) is 0 Å². The summed E-state index contributed by atoms with van der Waals surface area (Å²) in [6.45, 7) is 1.38. The number of likely N-dealkylation sites (N-methyl/N-ethyl adjacent to an activating group) is 1. The van der Waals surface area contributed by atoms with Crippen molar-refractivity contribution in [3.05, 3.63) is 71.6 Å². The molecule has 2 aromatic carbocycles. The van der Waals surface area contributed by atoms with E-state index in [2.05, 4.69) is 14.7 Å². The van der Waals surface area contributed by atoms with Gasteiger partial charge in [-0.15, -0.1) is 0 Å². The van der Waals surface area contributed by atoms with Crippen LogP contribution in [-0.4, -0.2) is 71.1 Å². The number of carbonyl (C=O) groups excluding carboxylic acids is 2. The van der Waals surface area contributed by atoms with Crippen molar-refractivity contribution in [1.29, 1.82) is 0 Å². The zero-order valence-electron chi connectivity index (χ0n) is 18.2. The number of benzene rings is 2. The minimum absolute atomic E-state index is 0.127. The van der Waals surface area contributed by atoms with E-state index in [4.69, 9.17) is 4.74 Å². The van der Waals surface area contributed by atoms with Gasteiger partial charge < -0.3 is 19.1 Å². The van der Waals surface area contributed by atoms with E-state index < -0.39 is 12.1 Å². The molecule has 0 aliphatic carbocycles. The number of aromatic nitrogens is 2. The van der Waals surface area contributed by atoms with Crippen LogP contribution in [0.2, 0.25) is 0 Å². The van der Waals surface area contributed by atoms with Crippen molar-refractivity contribution in [2.24, 2.45) is 0 Å². The highest BCUT2D eigenvalue weighted by atomic mass is 19.4. The molecule has 0 bridgehead atoms. The predicted molar refractivity (Wildman–Crippen MR) is 114 cm³/mol. The van der Waals surface area contributed by atoms with E-state index in [1.54, 1.807) is 36.2 Å². The Kier molecular flexibility index (Phi) is 6.64. The number of hydrogen-bond acceptors (Lipinski definition) is 6. The number of rotatable bonds is 5. The van der Waals surface area contributed by atoms with Gasteiger partial charge in [0.25, 0.3) is 11.8 Å². The summed E-state index contributed by atoms with van der Waals surface area (Å²) in [5, 5.41) is 3.34. The Morgan fingerprint density at radius 1 is 1.09 bits per heavy atom. The Labute approximate surface area is 192 Å². The third-order valence-electron chi connectivity index (χ3n) is 5.40. The molecular formula is C23H21F3N4O4. The van der Waals surface area contributed by atoms with Gasteiger partial charge >= 0.3 is 12.1 Å². The smallest absolute Gasteiger partial charge is 0.377 e. The summed E-state index contributed by atoms with van der Waals surface area (Å²) >= 11 is 0. The number of halogens is 3. The molecule has 4 rings (SSSR count). The summed E-state index contributed by atoms with van der Waals surface area (Å²) in [6, 6.07) is 14.4. The van der Waals surface area contributed by atoms with Gasteiger partial charge in [-0.2, -0.15) is 18.2 Å². The number of hydrogen-bond donors (Lipinski definition) is 0. The first kappa shape index (κ1) is 23.4. The van der Waals surface area contributed by atoms with Crippen LogP contribution in [0.15, 0.2) is 59.1 Å². The van der Waals surface area contributed by atoms with Gasteiger partial charge in [-0.3, -0.25) is 9.59 Å². The lowest BCUT2D eigenvalue weighted by Gasteiger charge is -2.37. The fourth-order valence-electron chi connectivity index (χ4n) is 3.66. The number of alkyl halides is 3. The SMILES string of the molecule is CN(CC1COCCN1C(=O)c1ccccc1)C(=O)c1ccc(-c2noc(C(F)(F)F)n2)cc1. The molecule has 1 atom stereocenters. The molecule has 3 aromatic rings. The fourth-order valence-corrected chi connectivity index (χ4v) is 3.66. The standard InChI is InChI=1S/C23H21F3N4O4/c1-29(13-18-14-33-12-11-30(18)21(32)16-5-3-2-4-6-16)20(31)17-9-7-15(8-10-17)19-27-22(34-28-19)23(24,25)26/h2-10,18H,11-14H2,1H3. The molecule has 0 spiro atoms. The fraction of sp³-hybridized carbons (Fsp3) is 0.304. The van der Waals surface area contributed by atoms with Gasteiger partial charge in [0.2, 0.25) is 5.82 Å². The number of carbonyl (C=O) groups is 2. The first-order valence-electron chi connectivity index (χ1n) is 10.4. The molecule has 1 aliphatic heterocycles. The van der Waals surface area contributed by atoms with Crippen LogP contribution in [0.25, 0.3) is 11.4 Å². The molecule has 1 saturated heterocycles. The quantitative estimate of drug-likeness (QED) is 0.564. The van der Waals surface area contributed by atoms with Crippen molar-refractivity contribution in [2.45, 2.75) is 12.2 Å². The highest BCUT2D eigenvalue weighted by molar-refractivity contribution is 5.95. The zero-order valence-corrected chi connectivity index (χ0v) is 18.2. The van der Waals surface area contributed by atoms with Crippen molar-refractivity contribution < 1.29 is 32.0 Å². The molecule has 0 radical (unpaired) electrons. The predicted octanol–water partition coefficient (Wildman–Crippen LogP) is 3.37.